The third kappa shape index (κ3) is 5.72. The summed E-state index contributed by atoms with van der Waals surface area (Å²) in [6.07, 6.45) is 1.00. The van der Waals surface area contributed by atoms with Crippen LogP contribution in [0.15, 0.2) is 0 Å². The van der Waals surface area contributed by atoms with Crippen LogP contribution < -0.4 is 0 Å². The van der Waals surface area contributed by atoms with Gasteiger partial charge in [-0.1, -0.05) is 6.92 Å². The van der Waals surface area contributed by atoms with E-state index in [0.29, 0.717) is 19.2 Å². The summed E-state index contributed by atoms with van der Waals surface area (Å²) in [5.74, 6) is 0. The lowest BCUT2D eigenvalue weighted by Crippen LogP contribution is -1.88. The lowest BCUT2D eigenvalue weighted by atomic mass is 10.5. The fraction of sp³-hybridized carbons (Fsp3) is 0.800. The summed E-state index contributed by atoms with van der Waals surface area (Å²) in [5.41, 5.74) is 0. The minimum Gasteiger partial charge on any atom is -0.350 e. The van der Waals surface area contributed by atoms with Crippen molar-refractivity contribution in [2.45, 2.75) is 13.3 Å². The zero-order valence-electron chi connectivity index (χ0n) is 5.37. The normalized spacial score (nSPS) is 12.6. The monoisotopic (exact) mass is 147 g/mol. The van der Waals surface area contributed by atoms with E-state index in [1.807, 2.05) is 13.0 Å². The minimum atomic E-state index is -1.24. The van der Waals surface area contributed by atoms with E-state index in [1.54, 1.807) is 0 Å². The molecule has 0 bridgehead atoms. The summed E-state index contributed by atoms with van der Waals surface area (Å²) in [6, 6.07) is 1.92. The molecular weight excluding hydrogens is 137 g/mol. The standard InChI is InChI=1S/C5H10NO2P/c1-2-9(7)8-5-3-4-6/h7H,2-3,5H2,1H3. The van der Waals surface area contributed by atoms with Crippen LogP contribution in [0.5, 0.6) is 0 Å². The summed E-state index contributed by atoms with van der Waals surface area (Å²) in [4.78, 5) is 8.82. The van der Waals surface area contributed by atoms with Crippen LogP contribution in [0.3, 0.4) is 0 Å². The highest BCUT2D eigenvalue weighted by Gasteiger charge is 1.98. The van der Waals surface area contributed by atoms with Crippen molar-refractivity contribution >= 4 is 8.38 Å². The number of nitrogens with zero attached hydrogens (tertiary/aromatic N) is 1. The number of hydrogen-bond donors (Lipinski definition) is 1. The first-order valence-electron chi connectivity index (χ1n) is 2.77. The van der Waals surface area contributed by atoms with Crippen molar-refractivity contribution in [2.75, 3.05) is 12.8 Å². The Hall–Kier alpha value is -0.160. The summed E-state index contributed by atoms with van der Waals surface area (Å²) < 4.78 is 4.83. The quantitative estimate of drug-likeness (QED) is 0.480. The SMILES string of the molecule is CCP(O)OCCC#N. The van der Waals surface area contributed by atoms with Gasteiger partial charge in [-0.3, -0.25) is 0 Å². The van der Waals surface area contributed by atoms with Crippen LogP contribution in [0.1, 0.15) is 13.3 Å². The van der Waals surface area contributed by atoms with E-state index >= 15 is 0 Å². The molecule has 1 atom stereocenters. The molecule has 0 aromatic heterocycles. The molecule has 0 aromatic rings. The molecule has 0 aliphatic rings. The average molecular weight is 147 g/mol. The maximum absolute atomic E-state index is 8.82. The van der Waals surface area contributed by atoms with E-state index in [-0.39, 0.29) is 0 Å². The molecular formula is C5H10NO2P. The van der Waals surface area contributed by atoms with E-state index in [4.69, 9.17) is 14.7 Å². The van der Waals surface area contributed by atoms with Crippen LogP contribution in [0.2, 0.25) is 0 Å². The highest BCUT2D eigenvalue weighted by molar-refractivity contribution is 7.46. The second kappa shape index (κ2) is 5.97. The fourth-order valence-corrected chi connectivity index (χ4v) is 0.773. The van der Waals surface area contributed by atoms with E-state index in [9.17, 15) is 0 Å². The highest BCUT2D eigenvalue weighted by Crippen LogP contribution is 2.29. The maximum Gasteiger partial charge on any atom is 0.167 e. The zero-order chi connectivity index (χ0) is 7.11. The Balaban J connectivity index is 2.99. The van der Waals surface area contributed by atoms with Gasteiger partial charge in [0.25, 0.3) is 0 Å². The Bertz CT molecular complexity index is 102. The van der Waals surface area contributed by atoms with Gasteiger partial charge in [-0.25, -0.2) is 0 Å². The Morgan fingerprint density at radius 3 is 2.89 bits per heavy atom. The van der Waals surface area contributed by atoms with Crippen molar-refractivity contribution in [3.05, 3.63) is 0 Å². The Morgan fingerprint density at radius 1 is 1.78 bits per heavy atom. The average Bonchev–Trinajstić information content (AvgIpc) is 1.89. The molecule has 1 N–H and O–H groups in total. The van der Waals surface area contributed by atoms with Crippen LogP contribution in [0.4, 0.5) is 0 Å². The van der Waals surface area contributed by atoms with Crippen molar-refractivity contribution in [2.24, 2.45) is 0 Å². The molecule has 0 fully saturated rings. The molecule has 0 radical (unpaired) electrons. The van der Waals surface area contributed by atoms with Gasteiger partial charge in [-0.15, -0.1) is 0 Å². The van der Waals surface area contributed by atoms with Crippen LogP contribution >= 0.6 is 8.38 Å². The van der Waals surface area contributed by atoms with Crippen molar-refractivity contribution in [1.29, 1.82) is 5.26 Å². The molecule has 9 heavy (non-hydrogen) atoms. The second-order valence-corrected chi connectivity index (χ2v) is 3.00. The molecule has 0 aromatic carbocycles. The van der Waals surface area contributed by atoms with Crippen LogP contribution in [0.25, 0.3) is 0 Å². The van der Waals surface area contributed by atoms with Crippen molar-refractivity contribution < 1.29 is 9.42 Å². The minimum absolute atomic E-state index is 0.354. The molecule has 0 rings (SSSR count). The topological polar surface area (TPSA) is 53.2 Å². The molecule has 4 heteroatoms. The van der Waals surface area contributed by atoms with Crippen LogP contribution in [-0.2, 0) is 4.52 Å². The van der Waals surface area contributed by atoms with Gasteiger partial charge in [0.05, 0.1) is 19.1 Å². The molecule has 0 heterocycles. The van der Waals surface area contributed by atoms with Crippen molar-refractivity contribution in [3.63, 3.8) is 0 Å². The van der Waals surface area contributed by atoms with Crippen LogP contribution in [0, 0.1) is 11.3 Å². The maximum atomic E-state index is 8.82. The third-order valence-electron chi connectivity index (χ3n) is 0.725. The predicted molar refractivity (Wildman–Crippen MR) is 35.9 cm³/mol. The number of rotatable bonds is 4. The van der Waals surface area contributed by atoms with E-state index in [1.165, 1.54) is 0 Å². The van der Waals surface area contributed by atoms with Crippen molar-refractivity contribution in [1.82, 2.24) is 0 Å². The Labute approximate surface area is 56.2 Å². The third-order valence-corrected chi connectivity index (χ3v) is 1.75. The summed E-state index contributed by atoms with van der Waals surface area (Å²) in [7, 11) is -1.24. The lowest BCUT2D eigenvalue weighted by Gasteiger charge is -2.04. The van der Waals surface area contributed by atoms with Gasteiger partial charge in [0, 0.05) is 6.16 Å². The van der Waals surface area contributed by atoms with Gasteiger partial charge in [-0.2, -0.15) is 5.26 Å². The first kappa shape index (κ1) is 8.84. The van der Waals surface area contributed by atoms with E-state index < -0.39 is 8.38 Å². The first-order valence-corrected chi connectivity index (χ1v) is 4.17. The highest BCUT2D eigenvalue weighted by atomic mass is 31.2. The number of hydrogen-bond acceptors (Lipinski definition) is 3. The lowest BCUT2D eigenvalue weighted by molar-refractivity contribution is 0.318. The summed E-state index contributed by atoms with van der Waals surface area (Å²) in [6.45, 7) is 2.20. The van der Waals surface area contributed by atoms with E-state index in [2.05, 4.69) is 0 Å². The second-order valence-electron chi connectivity index (χ2n) is 1.41. The molecule has 0 spiro atoms. The molecule has 0 amide bonds. The fourth-order valence-electron chi connectivity index (χ4n) is 0.288. The van der Waals surface area contributed by atoms with Gasteiger partial charge in [0.1, 0.15) is 0 Å². The Morgan fingerprint density at radius 2 is 2.44 bits per heavy atom. The predicted octanol–water partition coefficient (Wildman–Crippen LogP) is 1.24. The van der Waals surface area contributed by atoms with Gasteiger partial charge >= 0.3 is 0 Å². The molecule has 0 saturated heterocycles. The van der Waals surface area contributed by atoms with Gasteiger partial charge in [-0.05, 0) is 0 Å². The van der Waals surface area contributed by atoms with E-state index in [0.717, 1.165) is 0 Å². The van der Waals surface area contributed by atoms with Crippen molar-refractivity contribution in [3.8, 4) is 6.07 Å². The number of nitriles is 1. The van der Waals surface area contributed by atoms with Crippen LogP contribution in [-0.4, -0.2) is 17.7 Å². The Kier molecular flexibility index (Phi) is 5.86. The molecule has 0 saturated carbocycles. The van der Waals surface area contributed by atoms with Gasteiger partial charge in [0.2, 0.25) is 0 Å². The zero-order valence-corrected chi connectivity index (χ0v) is 6.27. The molecule has 0 aliphatic heterocycles. The molecule has 3 nitrogen and oxygen atoms in total. The smallest absolute Gasteiger partial charge is 0.167 e. The summed E-state index contributed by atoms with van der Waals surface area (Å²) >= 11 is 0. The first-order chi connectivity index (χ1) is 4.31. The largest absolute Gasteiger partial charge is 0.350 e. The molecule has 0 aliphatic carbocycles. The van der Waals surface area contributed by atoms with Gasteiger partial charge in [0.15, 0.2) is 8.38 Å². The van der Waals surface area contributed by atoms with Gasteiger partial charge < -0.3 is 9.42 Å². The summed E-state index contributed by atoms with van der Waals surface area (Å²) in [5, 5.41) is 8.05. The molecule has 52 valence electrons. The molecule has 1 unspecified atom stereocenters.